The molecule has 1 saturated heterocycles. The van der Waals surface area contributed by atoms with Gasteiger partial charge in [0.05, 0.1) is 35.8 Å². The molecule has 0 spiro atoms. The van der Waals surface area contributed by atoms with Crippen molar-refractivity contribution < 1.29 is 18.3 Å². The van der Waals surface area contributed by atoms with Crippen LogP contribution in [-0.2, 0) is 28.3 Å². The Morgan fingerprint density at radius 2 is 2.33 bits per heavy atom. The summed E-state index contributed by atoms with van der Waals surface area (Å²) in [7, 11) is 0.428. The summed E-state index contributed by atoms with van der Waals surface area (Å²) < 4.78 is 24.6. The van der Waals surface area contributed by atoms with Crippen LogP contribution in [0.15, 0.2) is 11.4 Å². The SMILES string of the molecule is CN(C(=O)CSc1ncc(CO)n1C)C1CCS(=O)(=O)C1. The standard InChI is InChI=1S/C12H19N3O4S2/c1-14(9-3-4-21(18,19)8-9)11(17)7-20-12-13-5-10(6-16)15(12)2/h5,9,16H,3-4,6-8H2,1-2H3. The lowest BCUT2D eigenvalue weighted by Gasteiger charge is -2.23. The Bertz CT molecular complexity index is 626. The fraction of sp³-hybridized carbons (Fsp3) is 0.667. The molecule has 118 valence electrons. The van der Waals surface area contributed by atoms with Crippen LogP contribution in [0.3, 0.4) is 0 Å². The molecular weight excluding hydrogens is 314 g/mol. The number of imidazole rings is 1. The van der Waals surface area contributed by atoms with Crippen LogP contribution < -0.4 is 0 Å². The van der Waals surface area contributed by atoms with Crippen LogP contribution in [-0.4, -0.2) is 64.2 Å². The number of aliphatic hydroxyl groups is 1. The van der Waals surface area contributed by atoms with Crippen molar-refractivity contribution in [1.29, 1.82) is 0 Å². The van der Waals surface area contributed by atoms with E-state index in [1.807, 2.05) is 0 Å². The van der Waals surface area contributed by atoms with Crippen molar-refractivity contribution in [3.8, 4) is 0 Å². The summed E-state index contributed by atoms with van der Waals surface area (Å²) in [6.45, 7) is -0.0994. The molecule has 1 N–H and O–H groups in total. The number of carbonyl (C=O) groups excluding carboxylic acids is 1. The van der Waals surface area contributed by atoms with Gasteiger partial charge in [-0.1, -0.05) is 11.8 Å². The highest BCUT2D eigenvalue weighted by Gasteiger charge is 2.32. The second-order valence-electron chi connectivity index (χ2n) is 5.10. The highest BCUT2D eigenvalue weighted by molar-refractivity contribution is 7.99. The number of hydrogen-bond acceptors (Lipinski definition) is 6. The Balaban J connectivity index is 1.91. The molecule has 0 radical (unpaired) electrons. The van der Waals surface area contributed by atoms with E-state index in [4.69, 9.17) is 5.11 Å². The number of amides is 1. The molecule has 9 heteroatoms. The molecule has 7 nitrogen and oxygen atoms in total. The largest absolute Gasteiger partial charge is 0.390 e. The van der Waals surface area contributed by atoms with Gasteiger partial charge in [0, 0.05) is 20.1 Å². The average Bonchev–Trinajstić information content (AvgIpc) is 2.98. The maximum absolute atomic E-state index is 12.1. The van der Waals surface area contributed by atoms with Crippen LogP contribution in [0.5, 0.6) is 0 Å². The molecule has 1 aliphatic heterocycles. The molecule has 0 aliphatic carbocycles. The summed E-state index contributed by atoms with van der Waals surface area (Å²) in [5.41, 5.74) is 0.681. The van der Waals surface area contributed by atoms with Crippen molar-refractivity contribution in [2.75, 3.05) is 24.3 Å². The third-order valence-corrected chi connectivity index (χ3v) is 6.46. The Morgan fingerprint density at radius 1 is 1.62 bits per heavy atom. The fourth-order valence-electron chi connectivity index (χ4n) is 2.22. The van der Waals surface area contributed by atoms with E-state index in [9.17, 15) is 13.2 Å². The summed E-state index contributed by atoms with van der Waals surface area (Å²) in [4.78, 5) is 17.8. The third kappa shape index (κ3) is 3.78. The Hall–Kier alpha value is -1.06. The zero-order valence-corrected chi connectivity index (χ0v) is 13.7. The first-order chi connectivity index (χ1) is 9.84. The second-order valence-corrected chi connectivity index (χ2v) is 8.27. The molecule has 0 aromatic carbocycles. The maximum atomic E-state index is 12.1. The molecule has 1 fully saturated rings. The number of nitrogens with zero attached hydrogens (tertiary/aromatic N) is 3. The van der Waals surface area contributed by atoms with Gasteiger partial charge in [-0.05, 0) is 6.42 Å². The Labute approximate surface area is 128 Å². The predicted molar refractivity (Wildman–Crippen MR) is 79.7 cm³/mol. The number of sulfone groups is 1. The monoisotopic (exact) mass is 333 g/mol. The molecule has 2 rings (SSSR count). The van der Waals surface area contributed by atoms with Crippen LogP contribution in [0.25, 0.3) is 0 Å². The molecule has 1 amide bonds. The van der Waals surface area contributed by atoms with Gasteiger partial charge in [-0.15, -0.1) is 0 Å². The summed E-state index contributed by atoms with van der Waals surface area (Å²) in [6.07, 6.45) is 2.08. The van der Waals surface area contributed by atoms with Gasteiger partial charge in [-0.25, -0.2) is 13.4 Å². The molecule has 2 heterocycles. The maximum Gasteiger partial charge on any atom is 0.233 e. The normalized spacial score (nSPS) is 20.6. The molecule has 21 heavy (non-hydrogen) atoms. The van der Waals surface area contributed by atoms with E-state index in [1.165, 1.54) is 16.7 Å². The van der Waals surface area contributed by atoms with Crippen molar-refractivity contribution in [3.05, 3.63) is 11.9 Å². The van der Waals surface area contributed by atoms with Gasteiger partial charge in [0.2, 0.25) is 5.91 Å². The first kappa shape index (κ1) is 16.3. The van der Waals surface area contributed by atoms with Crippen LogP contribution >= 0.6 is 11.8 Å². The summed E-state index contributed by atoms with van der Waals surface area (Å²) in [5.74, 6) is 0.289. The van der Waals surface area contributed by atoms with Gasteiger partial charge < -0.3 is 14.6 Å². The minimum absolute atomic E-state index is 0.0526. The first-order valence-corrected chi connectivity index (χ1v) is 9.35. The van der Waals surface area contributed by atoms with Gasteiger partial charge in [-0.2, -0.15) is 0 Å². The lowest BCUT2D eigenvalue weighted by Crippen LogP contribution is -2.38. The smallest absolute Gasteiger partial charge is 0.233 e. The number of aliphatic hydroxyl groups excluding tert-OH is 1. The average molecular weight is 333 g/mol. The van der Waals surface area contributed by atoms with Crippen LogP contribution in [0, 0.1) is 0 Å². The quantitative estimate of drug-likeness (QED) is 0.741. The van der Waals surface area contributed by atoms with E-state index < -0.39 is 9.84 Å². The van der Waals surface area contributed by atoms with E-state index in [2.05, 4.69) is 4.98 Å². The van der Waals surface area contributed by atoms with Gasteiger partial charge in [0.15, 0.2) is 15.0 Å². The lowest BCUT2D eigenvalue weighted by molar-refractivity contribution is -0.128. The van der Waals surface area contributed by atoms with Gasteiger partial charge in [0.1, 0.15) is 0 Å². The van der Waals surface area contributed by atoms with E-state index in [0.29, 0.717) is 17.3 Å². The summed E-state index contributed by atoms with van der Waals surface area (Å²) in [6, 6.07) is -0.225. The molecule has 1 unspecified atom stereocenters. The van der Waals surface area contributed by atoms with Crippen LogP contribution in [0.2, 0.25) is 0 Å². The minimum Gasteiger partial charge on any atom is -0.390 e. The Morgan fingerprint density at radius 3 is 2.86 bits per heavy atom. The van der Waals surface area contributed by atoms with Crippen molar-refractivity contribution in [3.63, 3.8) is 0 Å². The van der Waals surface area contributed by atoms with E-state index >= 15 is 0 Å². The molecule has 1 aromatic heterocycles. The first-order valence-electron chi connectivity index (χ1n) is 6.54. The van der Waals surface area contributed by atoms with Crippen molar-refractivity contribution in [1.82, 2.24) is 14.5 Å². The molecule has 1 atom stereocenters. The second kappa shape index (κ2) is 6.37. The molecular formula is C12H19N3O4S2. The van der Waals surface area contributed by atoms with Crippen molar-refractivity contribution in [2.24, 2.45) is 7.05 Å². The molecule has 0 bridgehead atoms. The van der Waals surface area contributed by atoms with Gasteiger partial charge in [-0.3, -0.25) is 4.79 Å². The third-order valence-electron chi connectivity index (χ3n) is 3.68. The minimum atomic E-state index is -2.99. The van der Waals surface area contributed by atoms with Gasteiger partial charge in [0.25, 0.3) is 0 Å². The van der Waals surface area contributed by atoms with E-state index in [-0.39, 0.29) is 35.8 Å². The fourth-order valence-corrected chi connectivity index (χ4v) is 4.89. The number of aromatic nitrogens is 2. The number of thioether (sulfide) groups is 1. The van der Waals surface area contributed by atoms with Crippen molar-refractivity contribution >= 4 is 27.5 Å². The highest BCUT2D eigenvalue weighted by Crippen LogP contribution is 2.20. The van der Waals surface area contributed by atoms with E-state index in [1.54, 1.807) is 24.9 Å². The lowest BCUT2D eigenvalue weighted by atomic mass is 10.2. The van der Waals surface area contributed by atoms with Crippen LogP contribution in [0.4, 0.5) is 0 Å². The van der Waals surface area contributed by atoms with E-state index in [0.717, 1.165) is 0 Å². The van der Waals surface area contributed by atoms with Gasteiger partial charge >= 0.3 is 0 Å². The number of carbonyl (C=O) groups is 1. The molecule has 1 aliphatic rings. The number of rotatable bonds is 5. The molecule has 0 saturated carbocycles. The van der Waals surface area contributed by atoms with Crippen molar-refractivity contribution in [2.45, 2.75) is 24.2 Å². The zero-order valence-electron chi connectivity index (χ0n) is 12.0. The number of hydrogen-bond donors (Lipinski definition) is 1. The zero-order chi connectivity index (χ0) is 15.6. The summed E-state index contributed by atoms with van der Waals surface area (Å²) in [5, 5.41) is 9.74. The topological polar surface area (TPSA) is 92.5 Å². The predicted octanol–water partition coefficient (Wildman–Crippen LogP) is -0.350. The Kier molecular flexibility index (Phi) is 4.95. The van der Waals surface area contributed by atoms with Crippen LogP contribution in [0.1, 0.15) is 12.1 Å². The molecule has 1 aromatic rings. The summed E-state index contributed by atoms with van der Waals surface area (Å²) >= 11 is 1.28. The highest BCUT2D eigenvalue weighted by atomic mass is 32.2.